The molecule has 0 saturated carbocycles. The molecule has 0 aromatic heterocycles. The summed E-state index contributed by atoms with van der Waals surface area (Å²) in [6.45, 7) is 4.99. The number of nitrogens with zero attached hydrogens (tertiary/aromatic N) is 1. The van der Waals surface area contributed by atoms with Gasteiger partial charge < -0.3 is 5.32 Å². The number of hydrogen-bond acceptors (Lipinski definition) is 3. The van der Waals surface area contributed by atoms with Crippen molar-refractivity contribution in [3.63, 3.8) is 0 Å². The van der Waals surface area contributed by atoms with E-state index >= 15 is 0 Å². The molecule has 0 spiro atoms. The lowest BCUT2D eigenvalue weighted by atomic mass is 10.0. The minimum atomic E-state index is -3.59. The molecule has 1 amide bonds. The lowest BCUT2D eigenvalue weighted by Crippen LogP contribution is -2.38. The van der Waals surface area contributed by atoms with Crippen LogP contribution in [0, 0.1) is 12.8 Å². The molecule has 0 radical (unpaired) electrons. The van der Waals surface area contributed by atoms with Crippen LogP contribution in [-0.2, 0) is 10.0 Å². The van der Waals surface area contributed by atoms with E-state index in [9.17, 15) is 13.2 Å². The third-order valence-electron chi connectivity index (χ3n) is 4.94. The highest BCUT2D eigenvalue weighted by Crippen LogP contribution is 2.25. The van der Waals surface area contributed by atoms with E-state index < -0.39 is 10.0 Å². The Balaban J connectivity index is 1.85. The average Bonchev–Trinajstić information content (AvgIpc) is 2.64. The quantitative estimate of drug-likeness (QED) is 0.748. The standard InChI is InChI=1S/C20H23BrN2O3S/c1-14-9-11-23(12-10-14)27(25,26)18-8-3-15(2)19(13-18)20(24)22-17-6-4-16(21)5-7-17/h3-8,13-14H,9-12H2,1-2H3,(H,22,24). The van der Waals surface area contributed by atoms with Crippen LogP contribution < -0.4 is 5.32 Å². The highest BCUT2D eigenvalue weighted by molar-refractivity contribution is 9.10. The molecule has 1 fully saturated rings. The van der Waals surface area contributed by atoms with Crippen molar-refractivity contribution in [2.45, 2.75) is 31.6 Å². The van der Waals surface area contributed by atoms with Crippen molar-refractivity contribution in [1.82, 2.24) is 4.31 Å². The highest BCUT2D eigenvalue weighted by Gasteiger charge is 2.28. The number of carbonyl (C=O) groups is 1. The second kappa shape index (κ2) is 8.12. The van der Waals surface area contributed by atoms with Gasteiger partial charge in [-0.3, -0.25) is 4.79 Å². The summed E-state index contributed by atoms with van der Waals surface area (Å²) < 4.78 is 28.4. The Morgan fingerprint density at radius 1 is 1.11 bits per heavy atom. The van der Waals surface area contributed by atoms with Gasteiger partial charge in [-0.05, 0) is 67.6 Å². The van der Waals surface area contributed by atoms with Crippen molar-refractivity contribution in [3.05, 3.63) is 58.1 Å². The second-order valence-electron chi connectivity index (χ2n) is 7.02. The zero-order chi connectivity index (χ0) is 19.6. The summed E-state index contributed by atoms with van der Waals surface area (Å²) in [7, 11) is -3.59. The molecule has 0 atom stereocenters. The van der Waals surface area contributed by atoms with Gasteiger partial charge >= 0.3 is 0 Å². The van der Waals surface area contributed by atoms with Gasteiger partial charge in [0.2, 0.25) is 10.0 Å². The normalized spacial score (nSPS) is 16.3. The number of aryl methyl sites for hydroxylation is 1. The lowest BCUT2D eigenvalue weighted by Gasteiger charge is -2.29. The summed E-state index contributed by atoms with van der Waals surface area (Å²) in [4.78, 5) is 12.9. The SMILES string of the molecule is Cc1ccc(S(=O)(=O)N2CCC(C)CC2)cc1C(=O)Nc1ccc(Br)cc1. The van der Waals surface area contributed by atoms with E-state index in [1.165, 1.54) is 10.4 Å². The van der Waals surface area contributed by atoms with Gasteiger partial charge in [0.25, 0.3) is 5.91 Å². The molecular weight excluding hydrogens is 428 g/mol. The number of amides is 1. The van der Waals surface area contributed by atoms with Crippen LogP contribution in [0.25, 0.3) is 0 Å². The Hall–Kier alpha value is -1.70. The molecule has 7 heteroatoms. The third kappa shape index (κ3) is 4.59. The van der Waals surface area contributed by atoms with E-state index in [0.29, 0.717) is 30.3 Å². The molecule has 1 saturated heterocycles. The lowest BCUT2D eigenvalue weighted by molar-refractivity contribution is 0.102. The van der Waals surface area contributed by atoms with Gasteiger partial charge in [-0.25, -0.2) is 8.42 Å². The molecule has 27 heavy (non-hydrogen) atoms. The number of anilines is 1. The smallest absolute Gasteiger partial charge is 0.255 e. The van der Waals surface area contributed by atoms with E-state index in [1.807, 2.05) is 12.1 Å². The number of sulfonamides is 1. The van der Waals surface area contributed by atoms with Gasteiger partial charge in [0, 0.05) is 28.8 Å². The largest absolute Gasteiger partial charge is 0.322 e. The molecule has 0 aliphatic carbocycles. The number of nitrogens with one attached hydrogen (secondary N) is 1. The first kappa shape index (κ1) is 20.0. The van der Waals surface area contributed by atoms with Crippen molar-refractivity contribution in [3.8, 4) is 0 Å². The monoisotopic (exact) mass is 450 g/mol. The topological polar surface area (TPSA) is 66.5 Å². The molecule has 1 aliphatic rings. The first-order chi connectivity index (χ1) is 12.8. The first-order valence-corrected chi connectivity index (χ1v) is 11.2. The maximum atomic E-state index is 13.0. The summed E-state index contributed by atoms with van der Waals surface area (Å²) in [6.07, 6.45) is 1.73. The fourth-order valence-corrected chi connectivity index (χ4v) is 4.87. The van der Waals surface area contributed by atoms with E-state index in [-0.39, 0.29) is 10.8 Å². The summed E-state index contributed by atoms with van der Waals surface area (Å²) >= 11 is 3.36. The van der Waals surface area contributed by atoms with Crippen LogP contribution in [0.2, 0.25) is 0 Å². The fraction of sp³-hybridized carbons (Fsp3) is 0.350. The molecule has 144 valence electrons. The zero-order valence-electron chi connectivity index (χ0n) is 15.4. The zero-order valence-corrected chi connectivity index (χ0v) is 17.8. The van der Waals surface area contributed by atoms with Gasteiger partial charge in [0.1, 0.15) is 0 Å². The minimum absolute atomic E-state index is 0.170. The van der Waals surface area contributed by atoms with E-state index in [0.717, 1.165) is 22.9 Å². The molecule has 1 N–H and O–H groups in total. The number of rotatable bonds is 4. The summed E-state index contributed by atoms with van der Waals surface area (Å²) in [5.41, 5.74) is 1.75. The van der Waals surface area contributed by atoms with Crippen LogP contribution in [0.5, 0.6) is 0 Å². The number of piperidine rings is 1. The van der Waals surface area contributed by atoms with Gasteiger partial charge in [0.15, 0.2) is 0 Å². The van der Waals surface area contributed by atoms with Gasteiger partial charge in [-0.1, -0.05) is 28.9 Å². The molecule has 2 aromatic rings. The van der Waals surface area contributed by atoms with E-state index in [1.54, 1.807) is 31.2 Å². The number of carbonyl (C=O) groups excluding carboxylic acids is 1. The molecule has 0 bridgehead atoms. The Morgan fingerprint density at radius 2 is 1.74 bits per heavy atom. The molecular formula is C20H23BrN2O3S. The Labute approximate surface area is 169 Å². The second-order valence-corrected chi connectivity index (χ2v) is 9.88. The van der Waals surface area contributed by atoms with E-state index in [4.69, 9.17) is 0 Å². The molecule has 5 nitrogen and oxygen atoms in total. The van der Waals surface area contributed by atoms with Gasteiger partial charge in [-0.2, -0.15) is 4.31 Å². The van der Waals surface area contributed by atoms with Crippen molar-refractivity contribution in [1.29, 1.82) is 0 Å². The highest BCUT2D eigenvalue weighted by atomic mass is 79.9. The van der Waals surface area contributed by atoms with Crippen LogP contribution in [0.15, 0.2) is 51.8 Å². The van der Waals surface area contributed by atoms with Crippen LogP contribution in [0.3, 0.4) is 0 Å². The van der Waals surface area contributed by atoms with Crippen LogP contribution in [0.1, 0.15) is 35.7 Å². The van der Waals surface area contributed by atoms with Crippen molar-refractivity contribution >= 4 is 37.5 Å². The third-order valence-corrected chi connectivity index (χ3v) is 7.36. The number of halogens is 1. The molecule has 0 unspecified atom stereocenters. The Bertz CT molecular complexity index is 934. The molecule has 1 aliphatic heterocycles. The predicted octanol–water partition coefficient (Wildman–Crippen LogP) is 4.43. The van der Waals surface area contributed by atoms with Gasteiger partial charge in [-0.15, -0.1) is 0 Å². The molecule has 1 heterocycles. The Kier molecular flexibility index (Phi) is 6.03. The summed E-state index contributed by atoms with van der Waals surface area (Å²) in [5, 5.41) is 2.82. The molecule has 2 aromatic carbocycles. The van der Waals surface area contributed by atoms with Crippen LogP contribution in [-0.4, -0.2) is 31.7 Å². The van der Waals surface area contributed by atoms with Crippen molar-refractivity contribution in [2.24, 2.45) is 5.92 Å². The maximum absolute atomic E-state index is 13.0. The first-order valence-electron chi connectivity index (χ1n) is 8.95. The maximum Gasteiger partial charge on any atom is 0.255 e. The number of hydrogen-bond donors (Lipinski definition) is 1. The fourth-order valence-electron chi connectivity index (χ4n) is 3.11. The number of benzene rings is 2. The summed E-state index contributed by atoms with van der Waals surface area (Å²) in [6, 6.07) is 12.0. The summed E-state index contributed by atoms with van der Waals surface area (Å²) in [5.74, 6) is 0.223. The Morgan fingerprint density at radius 3 is 2.37 bits per heavy atom. The van der Waals surface area contributed by atoms with Crippen molar-refractivity contribution < 1.29 is 13.2 Å². The van der Waals surface area contributed by atoms with Gasteiger partial charge in [0.05, 0.1) is 4.90 Å². The van der Waals surface area contributed by atoms with E-state index in [2.05, 4.69) is 28.2 Å². The average molecular weight is 451 g/mol. The molecule has 3 rings (SSSR count). The van der Waals surface area contributed by atoms with Crippen molar-refractivity contribution in [2.75, 3.05) is 18.4 Å². The van der Waals surface area contributed by atoms with Crippen LogP contribution in [0.4, 0.5) is 5.69 Å². The predicted molar refractivity (Wildman–Crippen MR) is 110 cm³/mol. The minimum Gasteiger partial charge on any atom is -0.322 e. The van der Waals surface area contributed by atoms with Crippen LogP contribution >= 0.6 is 15.9 Å².